The summed E-state index contributed by atoms with van der Waals surface area (Å²) < 4.78 is 31.2. The number of halogens is 1. The molecular weight excluding hydrogens is 502 g/mol. The first kappa shape index (κ1) is 26.2. The Balaban J connectivity index is 1.48. The van der Waals surface area contributed by atoms with Gasteiger partial charge in [0.2, 0.25) is 15.9 Å². The molecule has 0 aliphatic carbocycles. The maximum atomic E-state index is 13.4. The molecule has 2 fully saturated rings. The molecule has 0 bridgehead atoms. The first-order valence-corrected chi connectivity index (χ1v) is 14.2. The summed E-state index contributed by atoms with van der Waals surface area (Å²) in [6.45, 7) is 4.48. The molecular formula is C25H30ClN5O4S. The van der Waals surface area contributed by atoms with Gasteiger partial charge >= 0.3 is 6.03 Å². The highest BCUT2D eigenvalue weighted by molar-refractivity contribution is 7.88. The van der Waals surface area contributed by atoms with E-state index in [1.165, 1.54) is 16.8 Å². The van der Waals surface area contributed by atoms with Gasteiger partial charge in [0, 0.05) is 68.4 Å². The minimum atomic E-state index is -3.26. The van der Waals surface area contributed by atoms with Crippen LogP contribution in [-0.4, -0.2) is 85.2 Å². The van der Waals surface area contributed by atoms with Crippen molar-refractivity contribution in [2.75, 3.05) is 45.5 Å². The van der Waals surface area contributed by atoms with Crippen molar-refractivity contribution in [3.8, 4) is 11.9 Å². The number of piperazine rings is 1. The number of benzene rings is 1. The molecule has 1 aromatic carbocycles. The lowest BCUT2D eigenvalue weighted by Gasteiger charge is -2.43. The highest BCUT2D eigenvalue weighted by atomic mass is 35.5. The summed E-state index contributed by atoms with van der Waals surface area (Å²) >= 11 is 6.13. The number of carbonyl (C=O) groups is 1. The molecule has 9 nitrogen and oxygen atoms in total. The normalized spacial score (nSPS) is 22.1. The van der Waals surface area contributed by atoms with Crippen LogP contribution in [0, 0.1) is 17.2 Å². The molecule has 2 saturated heterocycles. The van der Waals surface area contributed by atoms with Crippen molar-refractivity contribution in [2.45, 2.75) is 25.4 Å². The Hall–Kier alpha value is -2.87. The molecule has 0 spiro atoms. The lowest BCUT2D eigenvalue weighted by Crippen LogP contribution is -2.56. The number of piperidine rings is 1. The molecule has 36 heavy (non-hydrogen) atoms. The monoisotopic (exact) mass is 531 g/mol. The van der Waals surface area contributed by atoms with E-state index >= 15 is 0 Å². The lowest BCUT2D eigenvalue weighted by atomic mass is 9.78. The second kappa shape index (κ2) is 11.0. The van der Waals surface area contributed by atoms with Gasteiger partial charge in [-0.3, -0.25) is 0 Å². The molecule has 2 aromatic rings. The van der Waals surface area contributed by atoms with Crippen LogP contribution in [0.3, 0.4) is 0 Å². The van der Waals surface area contributed by atoms with Crippen LogP contribution < -0.4 is 4.74 Å². The van der Waals surface area contributed by atoms with Crippen LogP contribution in [0.5, 0.6) is 5.88 Å². The lowest BCUT2D eigenvalue weighted by molar-refractivity contribution is 0.0643. The van der Waals surface area contributed by atoms with Gasteiger partial charge in [0.15, 0.2) is 0 Å². The smallest absolute Gasteiger partial charge is 0.320 e. The molecule has 4 rings (SSSR count). The maximum Gasteiger partial charge on any atom is 0.320 e. The van der Waals surface area contributed by atoms with Gasteiger partial charge in [-0.15, -0.1) is 0 Å². The van der Waals surface area contributed by atoms with Gasteiger partial charge in [0.25, 0.3) is 0 Å². The number of pyridine rings is 1. The predicted octanol–water partition coefficient (Wildman–Crippen LogP) is 3.18. The van der Waals surface area contributed by atoms with E-state index in [1.54, 1.807) is 17.0 Å². The van der Waals surface area contributed by atoms with Gasteiger partial charge in [-0.1, -0.05) is 23.7 Å². The van der Waals surface area contributed by atoms with Crippen molar-refractivity contribution in [2.24, 2.45) is 5.92 Å². The average molecular weight is 532 g/mol. The summed E-state index contributed by atoms with van der Waals surface area (Å²) in [5, 5.41) is 9.65. The van der Waals surface area contributed by atoms with Crippen molar-refractivity contribution in [3.63, 3.8) is 0 Å². The molecule has 2 aliphatic rings. The number of nitrogens with zero attached hydrogens (tertiary/aromatic N) is 5. The van der Waals surface area contributed by atoms with Crippen molar-refractivity contribution in [3.05, 3.63) is 58.7 Å². The van der Waals surface area contributed by atoms with E-state index in [1.807, 2.05) is 36.1 Å². The zero-order chi connectivity index (χ0) is 25.9. The molecule has 3 heterocycles. The number of rotatable bonds is 5. The molecule has 0 radical (unpaired) electrons. The largest absolute Gasteiger partial charge is 0.474 e. The van der Waals surface area contributed by atoms with Crippen molar-refractivity contribution >= 4 is 27.7 Å². The number of hydrogen-bond donors (Lipinski definition) is 0. The quantitative estimate of drug-likeness (QED) is 0.586. The molecule has 3 atom stereocenters. The molecule has 0 N–H and O–H groups in total. The Morgan fingerprint density at radius 2 is 1.81 bits per heavy atom. The first-order chi connectivity index (χ1) is 17.2. The molecule has 0 saturated carbocycles. The number of carbonyl (C=O) groups excluding carboxylic acids is 1. The molecule has 11 heteroatoms. The molecule has 2 amide bonds. The van der Waals surface area contributed by atoms with Crippen LogP contribution in [0.2, 0.25) is 5.02 Å². The van der Waals surface area contributed by atoms with E-state index < -0.39 is 10.0 Å². The Kier molecular flexibility index (Phi) is 8.03. The van der Waals surface area contributed by atoms with Crippen LogP contribution >= 0.6 is 11.6 Å². The van der Waals surface area contributed by atoms with Crippen LogP contribution in [0.4, 0.5) is 4.79 Å². The third-order valence-electron chi connectivity index (χ3n) is 6.99. The average Bonchev–Trinajstić information content (AvgIpc) is 2.88. The van der Waals surface area contributed by atoms with E-state index in [4.69, 9.17) is 21.6 Å². The fourth-order valence-corrected chi connectivity index (χ4v) is 5.93. The zero-order valence-electron chi connectivity index (χ0n) is 20.4. The van der Waals surface area contributed by atoms with Crippen LogP contribution in [-0.2, 0) is 10.0 Å². The van der Waals surface area contributed by atoms with Gasteiger partial charge in [0.1, 0.15) is 12.2 Å². The van der Waals surface area contributed by atoms with E-state index in [9.17, 15) is 13.2 Å². The van der Waals surface area contributed by atoms with Gasteiger partial charge in [-0.05, 0) is 37.1 Å². The summed E-state index contributed by atoms with van der Waals surface area (Å²) in [4.78, 5) is 21.2. The number of amides is 2. The second-order valence-electron chi connectivity index (χ2n) is 9.31. The summed E-state index contributed by atoms with van der Waals surface area (Å²) in [6.07, 6.45) is 3.24. The summed E-state index contributed by atoms with van der Waals surface area (Å²) in [5.74, 6) is 0.596. The van der Waals surface area contributed by atoms with Gasteiger partial charge in [-0.2, -0.15) is 9.57 Å². The Morgan fingerprint density at radius 1 is 1.11 bits per heavy atom. The topological polar surface area (TPSA) is 107 Å². The predicted molar refractivity (Wildman–Crippen MR) is 136 cm³/mol. The summed E-state index contributed by atoms with van der Waals surface area (Å²) in [7, 11) is -3.26. The number of hydrogen-bond acceptors (Lipinski definition) is 6. The number of urea groups is 1. The van der Waals surface area contributed by atoms with Crippen LogP contribution in [0.15, 0.2) is 42.6 Å². The Labute approximate surface area is 217 Å². The maximum absolute atomic E-state index is 13.4. The third-order valence-corrected chi connectivity index (χ3v) is 8.54. The second-order valence-corrected chi connectivity index (χ2v) is 11.7. The molecule has 1 aromatic heterocycles. The third kappa shape index (κ3) is 6.09. The summed E-state index contributed by atoms with van der Waals surface area (Å²) in [5.41, 5.74) is 1.55. The van der Waals surface area contributed by atoms with E-state index in [0.717, 1.165) is 12.0 Å². The van der Waals surface area contributed by atoms with Crippen molar-refractivity contribution < 1.29 is 17.9 Å². The molecule has 192 valence electrons. The van der Waals surface area contributed by atoms with Crippen LogP contribution in [0.25, 0.3) is 0 Å². The number of likely N-dealkylation sites (tertiary alicyclic amines) is 1. The first-order valence-electron chi connectivity index (χ1n) is 11.9. The Morgan fingerprint density at radius 3 is 2.39 bits per heavy atom. The highest BCUT2D eigenvalue weighted by Crippen LogP contribution is 2.37. The zero-order valence-corrected chi connectivity index (χ0v) is 22.0. The minimum absolute atomic E-state index is 0.0191. The number of aromatic nitrogens is 1. The fraction of sp³-hybridized carbons (Fsp3) is 0.480. The number of nitriles is 1. The van der Waals surface area contributed by atoms with Gasteiger partial charge in [0.05, 0.1) is 11.8 Å². The summed E-state index contributed by atoms with van der Waals surface area (Å²) in [6, 6.07) is 13.1. The van der Waals surface area contributed by atoms with E-state index in [-0.39, 0.29) is 24.0 Å². The fourth-order valence-electron chi connectivity index (χ4n) is 4.97. The van der Waals surface area contributed by atoms with Crippen molar-refractivity contribution in [1.29, 1.82) is 5.26 Å². The van der Waals surface area contributed by atoms with Crippen LogP contribution in [0.1, 0.15) is 30.4 Å². The SMILES string of the molecule is C[C@H](Oc1ccc(C#N)cn1)[C@H]1CCN(C(=O)N2CCN(S(C)(=O)=O)CC2)C[C@@H]1c1ccc(Cl)cc1. The number of sulfonamides is 1. The number of ether oxygens (including phenoxy) is 1. The van der Waals surface area contributed by atoms with Crippen molar-refractivity contribution in [1.82, 2.24) is 19.1 Å². The minimum Gasteiger partial charge on any atom is -0.474 e. The highest BCUT2D eigenvalue weighted by Gasteiger charge is 2.38. The Bertz CT molecular complexity index is 1210. The van der Waals surface area contributed by atoms with E-state index in [2.05, 4.69) is 11.1 Å². The van der Waals surface area contributed by atoms with E-state index in [0.29, 0.717) is 55.7 Å². The van der Waals surface area contributed by atoms with Gasteiger partial charge < -0.3 is 14.5 Å². The standard InChI is InChI=1S/C25H30ClN5O4S/c1-18(35-24-8-3-19(15-27)16-28-24)22-9-10-30(17-23(22)20-4-6-21(26)7-5-20)25(32)29-11-13-31(14-12-29)36(2,33)34/h3-8,16,18,22-23H,9-14,17H2,1-2H3/t18-,22+,23+/m0/s1. The molecule has 0 unspecified atom stereocenters. The molecule has 2 aliphatic heterocycles. The van der Waals surface area contributed by atoms with Gasteiger partial charge in [-0.25, -0.2) is 18.2 Å².